The number of fused-ring (bicyclic) bond motifs is 1. The molecule has 6 rings (SSSR count). The number of aromatic amines is 1. The molecule has 0 spiro atoms. The van der Waals surface area contributed by atoms with E-state index in [1.165, 1.54) is 12.1 Å². The zero-order valence-electron chi connectivity index (χ0n) is 22.4. The van der Waals surface area contributed by atoms with Crippen LogP contribution in [0.1, 0.15) is 29.2 Å². The van der Waals surface area contributed by atoms with Gasteiger partial charge < -0.3 is 24.8 Å². The molecular weight excluding hydrogens is 566 g/mol. The van der Waals surface area contributed by atoms with Gasteiger partial charge in [-0.2, -0.15) is 0 Å². The molecule has 3 aromatic carbocycles. The van der Waals surface area contributed by atoms with Gasteiger partial charge in [0.1, 0.15) is 17.6 Å². The van der Waals surface area contributed by atoms with Crippen molar-refractivity contribution in [2.24, 2.45) is 0 Å². The maximum atomic E-state index is 14.6. The Balaban J connectivity index is 1.53. The SMILES string of the molecule is Cc1ccc(O[C@@]2(C(=O)N3CCNCC3)CC(=O)N(Cc3ccc(Cl)c(F)c3)[C@H]2c2c[nH]c3cc(Cl)ccc23)cc1. The number of amides is 2. The van der Waals surface area contributed by atoms with Crippen LogP contribution in [0.5, 0.6) is 5.75 Å². The number of benzene rings is 3. The number of nitrogens with zero attached hydrogens (tertiary/aromatic N) is 2. The normalized spacial score (nSPS) is 21.1. The minimum Gasteiger partial charge on any atom is -0.474 e. The smallest absolute Gasteiger partial charge is 0.269 e. The molecule has 212 valence electrons. The Morgan fingerprint density at radius 3 is 2.56 bits per heavy atom. The molecule has 0 bridgehead atoms. The van der Waals surface area contributed by atoms with E-state index in [2.05, 4.69) is 10.3 Å². The summed E-state index contributed by atoms with van der Waals surface area (Å²) in [6, 6.07) is 16.5. The number of carbonyl (C=O) groups is 2. The van der Waals surface area contributed by atoms with E-state index in [9.17, 15) is 14.0 Å². The number of aryl methyl sites for hydroxylation is 1. The lowest BCUT2D eigenvalue weighted by Gasteiger charge is -2.41. The predicted molar refractivity (Wildman–Crippen MR) is 157 cm³/mol. The van der Waals surface area contributed by atoms with Gasteiger partial charge in [-0.05, 0) is 48.9 Å². The van der Waals surface area contributed by atoms with Crippen molar-refractivity contribution in [3.05, 3.63) is 99.4 Å². The molecule has 0 aliphatic carbocycles. The summed E-state index contributed by atoms with van der Waals surface area (Å²) in [6.07, 6.45) is 1.63. The first-order chi connectivity index (χ1) is 19.7. The van der Waals surface area contributed by atoms with E-state index in [0.717, 1.165) is 16.5 Å². The van der Waals surface area contributed by atoms with E-state index in [-0.39, 0.29) is 29.8 Å². The molecule has 2 aliphatic heterocycles. The van der Waals surface area contributed by atoms with E-state index in [4.69, 9.17) is 27.9 Å². The van der Waals surface area contributed by atoms with Crippen molar-refractivity contribution in [1.82, 2.24) is 20.1 Å². The number of hydrogen-bond donors (Lipinski definition) is 2. The Labute approximate surface area is 247 Å². The number of halogens is 3. The van der Waals surface area contributed by atoms with E-state index in [1.54, 1.807) is 34.2 Å². The Hall–Kier alpha value is -3.59. The van der Waals surface area contributed by atoms with Gasteiger partial charge in [0.05, 0.1) is 11.4 Å². The van der Waals surface area contributed by atoms with E-state index < -0.39 is 17.5 Å². The van der Waals surface area contributed by atoms with Crippen LogP contribution in [-0.2, 0) is 16.1 Å². The fourth-order valence-corrected chi connectivity index (χ4v) is 6.17. The topological polar surface area (TPSA) is 77.7 Å². The second-order valence-electron chi connectivity index (χ2n) is 10.6. The summed E-state index contributed by atoms with van der Waals surface area (Å²) in [7, 11) is 0. The fraction of sp³-hybridized carbons (Fsp3) is 0.290. The number of carbonyl (C=O) groups excluding carboxylic acids is 2. The first kappa shape index (κ1) is 27.6. The lowest BCUT2D eigenvalue weighted by Crippen LogP contribution is -2.59. The summed E-state index contributed by atoms with van der Waals surface area (Å²) >= 11 is 12.2. The van der Waals surface area contributed by atoms with Crippen LogP contribution in [0, 0.1) is 12.7 Å². The highest BCUT2D eigenvalue weighted by Crippen LogP contribution is 2.48. The van der Waals surface area contributed by atoms with Crippen LogP contribution in [-0.4, -0.2) is 58.4 Å². The number of ether oxygens (including phenoxy) is 1. The van der Waals surface area contributed by atoms with E-state index in [0.29, 0.717) is 48.1 Å². The average Bonchev–Trinajstić information content (AvgIpc) is 3.49. The first-order valence-corrected chi connectivity index (χ1v) is 14.3. The average molecular weight is 596 g/mol. The van der Waals surface area contributed by atoms with Gasteiger partial charge in [0.25, 0.3) is 5.91 Å². The van der Waals surface area contributed by atoms with Gasteiger partial charge in [0.15, 0.2) is 0 Å². The van der Waals surface area contributed by atoms with Gasteiger partial charge in [-0.3, -0.25) is 9.59 Å². The highest BCUT2D eigenvalue weighted by Gasteiger charge is 2.61. The molecule has 2 amide bonds. The Morgan fingerprint density at radius 2 is 1.83 bits per heavy atom. The predicted octanol–water partition coefficient (Wildman–Crippen LogP) is 5.65. The highest BCUT2D eigenvalue weighted by molar-refractivity contribution is 6.31. The molecule has 2 atom stereocenters. The number of rotatable bonds is 6. The van der Waals surface area contributed by atoms with Crippen LogP contribution >= 0.6 is 23.2 Å². The number of nitrogens with one attached hydrogen (secondary N) is 2. The van der Waals surface area contributed by atoms with Crippen LogP contribution in [0.2, 0.25) is 10.0 Å². The third-order valence-electron chi connectivity index (χ3n) is 7.88. The highest BCUT2D eigenvalue weighted by atomic mass is 35.5. The van der Waals surface area contributed by atoms with Gasteiger partial charge in [0, 0.05) is 60.4 Å². The molecule has 2 saturated heterocycles. The van der Waals surface area contributed by atoms with Gasteiger partial charge >= 0.3 is 0 Å². The summed E-state index contributed by atoms with van der Waals surface area (Å²) in [6.45, 7) is 4.30. The monoisotopic (exact) mass is 594 g/mol. The van der Waals surface area contributed by atoms with Gasteiger partial charge in [-0.15, -0.1) is 0 Å². The van der Waals surface area contributed by atoms with Gasteiger partial charge in [-0.25, -0.2) is 4.39 Å². The summed E-state index contributed by atoms with van der Waals surface area (Å²) in [5.41, 5.74) is 1.49. The van der Waals surface area contributed by atoms with Crippen LogP contribution in [0.15, 0.2) is 66.9 Å². The zero-order chi connectivity index (χ0) is 28.7. The minimum absolute atomic E-state index is 0.00232. The quantitative estimate of drug-likeness (QED) is 0.302. The third kappa shape index (κ3) is 5.16. The van der Waals surface area contributed by atoms with Crippen molar-refractivity contribution in [2.75, 3.05) is 26.2 Å². The molecule has 2 N–H and O–H groups in total. The standard InChI is InChI=1S/C31H29Cl2FN4O3/c1-19-2-6-22(7-3-19)41-31(30(40)37-12-10-35-11-13-37)16-28(39)38(18-20-4-9-25(33)26(34)14-20)29(31)24-17-36-27-15-21(32)5-8-23(24)27/h2-9,14-15,17,29,35-36H,10-13,16,18H2,1H3/t29-,31-/m0/s1. The third-order valence-corrected chi connectivity index (χ3v) is 8.42. The van der Waals surface area contributed by atoms with E-state index >= 15 is 0 Å². The van der Waals surface area contributed by atoms with Crippen LogP contribution in [0.25, 0.3) is 10.9 Å². The second-order valence-corrected chi connectivity index (χ2v) is 11.5. The summed E-state index contributed by atoms with van der Waals surface area (Å²) < 4.78 is 21.2. The molecule has 4 aromatic rings. The molecule has 0 unspecified atom stereocenters. The van der Waals surface area contributed by atoms with Crippen LogP contribution in [0.3, 0.4) is 0 Å². The maximum absolute atomic E-state index is 14.6. The van der Waals surface area contributed by atoms with Gasteiger partial charge in [-0.1, -0.05) is 53.0 Å². The molecule has 3 heterocycles. The van der Waals surface area contributed by atoms with Crippen molar-refractivity contribution in [1.29, 1.82) is 0 Å². The molecule has 0 saturated carbocycles. The van der Waals surface area contributed by atoms with Crippen LogP contribution in [0.4, 0.5) is 4.39 Å². The lowest BCUT2D eigenvalue weighted by molar-refractivity contribution is -0.151. The molecular formula is C31H29Cl2FN4O3. The largest absolute Gasteiger partial charge is 0.474 e. The molecule has 10 heteroatoms. The number of likely N-dealkylation sites (tertiary alicyclic amines) is 1. The Morgan fingerprint density at radius 1 is 1.07 bits per heavy atom. The molecule has 0 radical (unpaired) electrons. The number of aromatic nitrogens is 1. The zero-order valence-corrected chi connectivity index (χ0v) is 23.9. The summed E-state index contributed by atoms with van der Waals surface area (Å²) in [5.74, 6) is -0.623. The van der Waals surface area contributed by atoms with Crippen LogP contribution < -0.4 is 10.1 Å². The van der Waals surface area contributed by atoms with Gasteiger partial charge in [0.2, 0.25) is 11.5 Å². The van der Waals surface area contributed by atoms with Crippen molar-refractivity contribution >= 4 is 45.9 Å². The molecule has 1 aromatic heterocycles. The number of hydrogen-bond acceptors (Lipinski definition) is 4. The van der Waals surface area contributed by atoms with E-state index in [1.807, 2.05) is 37.3 Å². The first-order valence-electron chi connectivity index (χ1n) is 13.5. The van der Waals surface area contributed by atoms with Crippen molar-refractivity contribution in [2.45, 2.75) is 31.5 Å². The number of piperazine rings is 1. The van der Waals surface area contributed by atoms with Crippen molar-refractivity contribution < 1.29 is 18.7 Å². The molecule has 7 nitrogen and oxygen atoms in total. The molecule has 2 aliphatic rings. The Bertz CT molecular complexity index is 1620. The lowest BCUT2D eigenvalue weighted by atomic mass is 9.86. The van der Waals surface area contributed by atoms with Crippen molar-refractivity contribution in [3.8, 4) is 5.75 Å². The summed E-state index contributed by atoms with van der Waals surface area (Å²) in [5, 5.41) is 4.65. The molecule has 2 fully saturated rings. The summed E-state index contributed by atoms with van der Waals surface area (Å²) in [4.78, 5) is 35.2. The fourth-order valence-electron chi connectivity index (χ4n) is 5.88. The second kappa shape index (κ2) is 11.0. The van der Waals surface area contributed by atoms with Crippen molar-refractivity contribution in [3.63, 3.8) is 0 Å². The number of H-pyrrole nitrogens is 1. The molecule has 41 heavy (non-hydrogen) atoms. The maximum Gasteiger partial charge on any atom is 0.269 e. The Kier molecular flexibility index (Phi) is 7.40. The minimum atomic E-state index is -1.58.